The van der Waals surface area contributed by atoms with Gasteiger partial charge in [0.1, 0.15) is 23.0 Å². The molecule has 9 heteroatoms. The summed E-state index contributed by atoms with van der Waals surface area (Å²) >= 11 is 0. The Hall–Kier alpha value is -11.7. The fraction of sp³-hybridized carbons (Fsp3) is 0.0238. The third-order valence-electron chi connectivity index (χ3n) is 18.2. The highest BCUT2D eigenvalue weighted by Crippen LogP contribution is 2.61. The number of fused-ring (bicyclic) bond motifs is 6. The normalized spacial score (nSPS) is 14.9. The summed E-state index contributed by atoms with van der Waals surface area (Å²) in [5.74, 6) is -6.53. The van der Waals surface area contributed by atoms with Crippen molar-refractivity contribution in [2.75, 3.05) is 4.90 Å². The monoisotopic (exact) mass is 1220 g/mol. The molecule has 0 aliphatic heterocycles. The van der Waals surface area contributed by atoms with Gasteiger partial charge in [-0.2, -0.15) is 0 Å². The number of hydrogen-bond donors (Lipinski definition) is 0. The van der Waals surface area contributed by atoms with Crippen LogP contribution in [0.5, 0.6) is 23.0 Å². The molecule has 0 radical (unpaired) electrons. The van der Waals surface area contributed by atoms with Crippen molar-refractivity contribution in [1.82, 2.24) is 0 Å². The van der Waals surface area contributed by atoms with Gasteiger partial charge in [0.2, 0.25) is 0 Å². The standard InChI is InChI=1S/C84H53F6NO2/c1-3-52-25-35-61(36-26-52)92-63-39-29-56(30-40-63)83(73-45-47-77(85)81(89)79(73)87)71-23-12-10-21-67(71)69-43-33-59(50-75(69)83)91(58-18-14-17-55(49-58)66-20-9-8-19-65(66)54-15-6-5-7-16-54)60-34-44-70-68-22-11-13-24-72(68)84(76(70)51-60,74-46-48-78(86)82(90)80(74)88)57-31-41-64(42-32-57)93-62-37-27-53(4-2)28-38-62/h3-51H,1-2H2. The van der Waals surface area contributed by atoms with Crippen LogP contribution in [0.25, 0.3) is 56.7 Å². The largest absolute Gasteiger partial charge is 0.457 e. The van der Waals surface area contributed by atoms with E-state index in [4.69, 9.17) is 9.47 Å². The second-order valence-electron chi connectivity index (χ2n) is 23.1. The molecule has 93 heavy (non-hydrogen) atoms. The van der Waals surface area contributed by atoms with Crippen LogP contribution in [-0.2, 0) is 10.8 Å². The smallest absolute Gasteiger partial charge is 0.194 e. The van der Waals surface area contributed by atoms with Crippen molar-refractivity contribution in [3.8, 4) is 67.5 Å². The number of benzene rings is 13. The fourth-order valence-electron chi connectivity index (χ4n) is 14.0. The summed E-state index contributed by atoms with van der Waals surface area (Å²) in [5.41, 5.74) is 10.3. The zero-order chi connectivity index (χ0) is 63.5. The molecule has 448 valence electrons. The summed E-state index contributed by atoms with van der Waals surface area (Å²) in [5, 5.41) is 0. The summed E-state index contributed by atoms with van der Waals surface area (Å²) in [4.78, 5) is 2.06. The molecule has 2 atom stereocenters. The lowest BCUT2D eigenvalue weighted by Gasteiger charge is -2.36. The third kappa shape index (κ3) is 9.53. The molecule has 0 amide bonds. The van der Waals surface area contributed by atoms with E-state index >= 15 is 26.3 Å². The minimum absolute atomic E-state index is 0.125. The second kappa shape index (κ2) is 23.3. The first-order chi connectivity index (χ1) is 45.5. The highest BCUT2D eigenvalue weighted by molar-refractivity contribution is 5.94. The van der Waals surface area contributed by atoms with E-state index < -0.39 is 45.7 Å². The lowest BCUT2D eigenvalue weighted by Crippen LogP contribution is -2.31. The van der Waals surface area contributed by atoms with Gasteiger partial charge in [0.05, 0.1) is 10.8 Å². The molecule has 0 spiro atoms. The van der Waals surface area contributed by atoms with Crippen molar-refractivity contribution in [2.45, 2.75) is 10.8 Å². The number of anilines is 3. The minimum Gasteiger partial charge on any atom is -0.457 e. The molecule has 0 saturated heterocycles. The van der Waals surface area contributed by atoms with Crippen LogP contribution in [0.15, 0.2) is 298 Å². The summed E-state index contributed by atoms with van der Waals surface area (Å²) in [6.07, 6.45) is 3.48. The van der Waals surface area contributed by atoms with Crippen molar-refractivity contribution in [2.24, 2.45) is 0 Å². The SMILES string of the molecule is C=Cc1ccc(Oc2ccc(C3(c4ccc(F)c(F)c4F)c4ccccc4-c4ccc(N(c5cccc(-c6ccccc6-c6ccccc6)c5)c5ccc6c(c5)C(c5ccc(Oc7ccc(C=C)cc7)cc5)(c5ccc(F)c(F)c5F)c5ccccc5-6)cc43)cc2)cc1. The van der Waals surface area contributed by atoms with Gasteiger partial charge >= 0.3 is 0 Å². The van der Waals surface area contributed by atoms with Crippen LogP contribution in [0.2, 0.25) is 0 Å². The summed E-state index contributed by atoms with van der Waals surface area (Å²) < 4.78 is 111. The second-order valence-corrected chi connectivity index (χ2v) is 23.1. The van der Waals surface area contributed by atoms with E-state index in [0.717, 1.165) is 56.6 Å². The first-order valence-corrected chi connectivity index (χ1v) is 30.3. The van der Waals surface area contributed by atoms with Crippen molar-refractivity contribution in [3.05, 3.63) is 389 Å². The number of rotatable bonds is 15. The predicted octanol–water partition coefficient (Wildman–Crippen LogP) is 22.9. The predicted molar refractivity (Wildman–Crippen MR) is 360 cm³/mol. The van der Waals surface area contributed by atoms with E-state index in [1.807, 2.05) is 206 Å². The van der Waals surface area contributed by atoms with E-state index in [0.29, 0.717) is 84.6 Å². The maximum atomic E-state index is 17.5. The molecule has 0 saturated carbocycles. The van der Waals surface area contributed by atoms with Gasteiger partial charge in [0, 0.05) is 28.2 Å². The average molecular weight is 1220 g/mol. The Labute approximate surface area is 534 Å². The number of hydrogen-bond acceptors (Lipinski definition) is 3. The molecule has 0 heterocycles. The lowest BCUT2D eigenvalue weighted by molar-refractivity contribution is 0.435. The quantitative estimate of drug-likeness (QED) is 0.0754. The van der Waals surface area contributed by atoms with E-state index in [1.165, 1.54) is 12.1 Å². The Kier molecular flexibility index (Phi) is 14.5. The van der Waals surface area contributed by atoms with E-state index in [1.54, 1.807) is 36.4 Å². The Balaban J connectivity index is 0.977. The Morgan fingerprint density at radius 1 is 0.280 bits per heavy atom. The minimum atomic E-state index is -1.63. The molecule has 0 bridgehead atoms. The Bertz CT molecular complexity index is 4830. The van der Waals surface area contributed by atoms with Crippen molar-refractivity contribution >= 4 is 29.2 Å². The van der Waals surface area contributed by atoms with Gasteiger partial charge in [-0.15, -0.1) is 0 Å². The first-order valence-electron chi connectivity index (χ1n) is 30.3. The van der Waals surface area contributed by atoms with Gasteiger partial charge in [-0.05, 0) is 186 Å². The van der Waals surface area contributed by atoms with Crippen LogP contribution in [0.1, 0.15) is 55.6 Å². The molecule has 13 aromatic carbocycles. The van der Waals surface area contributed by atoms with Gasteiger partial charge in [0.15, 0.2) is 34.9 Å². The topological polar surface area (TPSA) is 21.7 Å². The van der Waals surface area contributed by atoms with Crippen molar-refractivity contribution < 1.29 is 35.8 Å². The van der Waals surface area contributed by atoms with Gasteiger partial charge in [0.25, 0.3) is 0 Å². The molecule has 15 rings (SSSR count). The molecular formula is C84H53F6NO2. The van der Waals surface area contributed by atoms with Crippen LogP contribution in [-0.4, -0.2) is 0 Å². The molecule has 2 unspecified atom stereocenters. The number of nitrogens with zero attached hydrogens (tertiary/aromatic N) is 1. The van der Waals surface area contributed by atoms with E-state index in [-0.39, 0.29) is 11.1 Å². The Morgan fingerprint density at radius 3 is 1.09 bits per heavy atom. The summed E-state index contributed by atoms with van der Waals surface area (Å²) in [6, 6.07) is 87.1. The molecule has 2 aliphatic rings. The third-order valence-corrected chi connectivity index (χ3v) is 18.2. The van der Waals surface area contributed by atoms with Gasteiger partial charge in [-0.3, -0.25) is 0 Å². The van der Waals surface area contributed by atoms with Crippen LogP contribution < -0.4 is 14.4 Å². The van der Waals surface area contributed by atoms with Crippen molar-refractivity contribution in [1.29, 1.82) is 0 Å². The van der Waals surface area contributed by atoms with Gasteiger partial charge < -0.3 is 14.4 Å². The van der Waals surface area contributed by atoms with E-state index in [9.17, 15) is 0 Å². The molecular weight excluding hydrogens is 1170 g/mol. The van der Waals surface area contributed by atoms with Crippen LogP contribution in [0.4, 0.5) is 43.4 Å². The first kappa shape index (κ1) is 57.7. The Morgan fingerprint density at radius 2 is 0.645 bits per heavy atom. The van der Waals surface area contributed by atoms with E-state index in [2.05, 4.69) is 48.4 Å². The average Bonchev–Trinajstić information content (AvgIpc) is 1.56. The summed E-state index contributed by atoms with van der Waals surface area (Å²) in [7, 11) is 0. The highest BCUT2D eigenvalue weighted by atomic mass is 19.2. The number of ether oxygens (including phenoxy) is 2. The summed E-state index contributed by atoms with van der Waals surface area (Å²) in [6.45, 7) is 7.72. The molecule has 13 aromatic rings. The zero-order valence-electron chi connectivity index (χ0n) is 49.7. The van der Waals surface area contributed by atoms with Gasteiger partial charge in [-0.25, -0.2) is 26.3 Å². The maximum absolute atomic E-state index is 17.5. The molecule has 0 N–H and O–H groups in total. The number of halogens is 6. The lowest BCUT2D eigenvalue weighted by atomic mass is 9.67. The van der Waals surface area contributed by atoms with Crippen LogP contribution in [0, 0.1) is 34.9 Å². The van der Waals surface area contributed by atoms with Crippen LogP contribution in [0.3, 0.4) is 0 Å². The molecule has 3 nitrogen and oxygen atoms in total. The van der Waals surface area contributed by atoms with Crippen LogP contribution >= 0.6 is 0 Å². The zero-order valence-corrected chi connectivity index (χ0v) is 49.7. The van der Waals surface area contributed by atoms with Crippen molar-refractivity contribution in [3.63, 3.8) is 0 Å². The molecule has 2 aliphatic carbocycles. The molecule has 0 aromatic heterocycles. The maximum Gasteiger partial charge on any atom is 0.194 e. The highest BCUT2D eigenvalue weighted by Gasteiger charge is 2.51. The van der Waals surface area contributed by atoms with Gasteiger partial charge in [-0.1, -0.05) is 213 Å². The molecule has 0 fully saturated rings. The fourth-order valence-corrected chi connectivity index (χ4v) is 14.0.